The second-order valence-corrected chi connectivity index (χ2v) is 3.85. The molecule has 2 rings (SSSR count). The van der Waals surface area contributed by atoms with Crippen LogP contribution in [0.3, 0.4) is 0 Å². The van der Waals surface area contributed by atoms with E-state index in [9.17, 15) is 5.11 Å². The lowest BCUT2D eigenvalue weighted by atomic mass is 10.3. The van der Waals surface area contributed by atoms with Gasteiger partial charge in [-0.05, 0) is 19.1 Å². The molecule has 0 saturated heterocycles. The molecule has 0 bridgehead atoms. The fourth-order valence-corrected chi connectivity index (χ4v) is 1.64. The van der Waals surface area contributed by atoms with Gasteiger partial charge in [-0.3, -0.25) is 0 Å². The van der Waals surface area contributed by atoms with Crippen LogP contribution in [0.5, 0.6) is 0 Å². The van der Waals surface area contributed by atoms with E-state index in [2.05, 4.69) is 4.98 Å². The molecule has 0 amide bonds. The molecule has 14 heavy (non-hydrogen) atoms. The molecule has 3 nitrogen and oxygen atoms in total. The molecule has 2 aromatic rings. The summed E-state index contributed by atoms with van der Waals surface area (Å²) in [7, 11) is 0. The first-order chi connectivity index (χ1) is 6.59. The van der Waals surface area contributed by atoms with Crippen LogP contribution in [-0.4, -0.2) is 14.7 Å². The smallest absolute Gasteiger partial charge is 0.129 e. The highest BCUT2D eigenvalue weighted by Gasteiger charge is 2.09. The summed E-state index contributed by atoms with van der Waals surface area (Å²) in [5, 5.41) is 10.3. The van der Waals surface area contributed by atoms with Gasteiger partial charge >= 0.3 is 0 Å². The Bertz CT molecular complexity index is 479. The van der Waals surface area contributed by atoms with E-state index in [1.165, 1.54) is 0 Å². The lowest BCUT2D eigenvalue weighted by molar-refractivity contribution is 0.129. The Balaban J connectivity index is 2.74. The molecule has 0 radical (unpaired) electrons. The van der Waals surface area contributed by atoms with E-state index in [0.29, 0.717) is 10.0 Å². The summed E-state index contributed by atoms with van der Waals surface area (Å²) >= 11 is 11.7. The van der Waals surface area contributed by atoms with E-state index < -0.39 is 6.23 Å². The Kier molecular flexibility index (Phi) is 2.39. The number of nitrogens with zero attached hydrogens (tertiary/aromatic N) is 2. The number of hydrogen-bond acceptors (Lipinski definition) is 2. The van der Waals surface area contributed by atoms with Crippen molar-refractivity contribution in [3.63, 3.8) is 0 Å². The Morgan fingerprint density at radius 1 is 1.36 bits per heavy atom. The van der Waals surface area contributed by atoms with Gasteiger partial charge in [-0.1, -0.05) is 23.2 Å². The van der Waals surface area contributed by atoms with Gasteiger partial charge in [0, 0.05) is 0 Å². The molecule has 1 heterocycles. The van der Waals surface area contributed by atoms with Gasteiger partial charge in [0.25, 0.3) is 0 Å². The summed E-state index contributed by atoms with van der Waals surface area (Å²) < 4.78 is 1.62. The third-order valence-electron chi connectivity index (χ3n) is 2.02. The zero-order chi connectivity index (χ0) is 10.3. The topological polar surface area (TPSA) is 38.0 Å². The van der Waals surface area contributed by atoms with Gasteiger partial charge in [0.1, 0.15) is 6.23 Å². The van der Waals surface area contributed by atoms with E-state index in [-0.39, 0.29) is 0 Å². The molecule has 1 atom stereocenters. The standard InChI is InChI=1S/C9H8Cl2N2O/c1-5(14)13-4-12-8-2-6(10)7(11)3-9(8)13/h2-5,14H,1H3. The lowest BCUT2D eigenvalue weighted by Gasteiger charge is -2.06. The molecular weight excluding hydrogens is 223 g/mol. The molecule has 0 spiro atoms. The van der Waals surface area contributed by atoms with Crippen LogP contribution in [0, 0.1) is 0 Å². The molecular formula is C9H8Cl2N2O. The van der Waals surface area contributed by atoms with Crippen LogP contribution >= 0.6 is 23.2 Å². The van der Waals surface area contributed by atoms with Gasteiger partial charge < -0.3 is 9.67 Å². The number of aliphatic hydroxyl groups excluding tert-OH is 1. The van der Waals surface area contributed by atoms with Crippen molar-refractivity contribution in [3.05, 3.63) is 28.5 Å². The van der Waals surface area contributed by atoms with Crippen molar-refractivity contribution in [2.45, 2.75) is 13.2 Å². The number of halogens is 2. The first kappa shape index (κ1) is 9.77. The molecule has 0 aliphatic rings. The first-order valence-corrected chi connectivity index (χ1v) is 4.85. The van der Waals surface area contributed by atoms with Gasteiger partial charge in [-0.25, -0.2) is 4.98 Å². The van der Waals surface area contributed by atoms with Crippen molar-refractivity contribution in [2.24, 2.45) is 0 Å². The van der Waals surface area contributed by atoms with Crippen molar-refractivity contribution in [2.75, 3.05) is 0 Å². The average Bonchev–Trinajstić information content (AvgIpc) is 2.48. The Morgan fingerprint density at radius 3 is 2.64 bits per heavy atom. The van der Waals surface area contributed by atoms with Crippen molar-refractivity contribution in [1.82, 2.24) is 9.55 Å². The number of hydrogen-bond donors (Lipinski definition) is 1. The van der Waals surface area contributed by atoms with E-state index in [1.54, 1.807) is 30.0 Å². The highest BCUT2D eigenvalue weighted by Crippen LogP contribution is 2.28. The SMILES string of the molecule is CC(O)n1cnc2cc(Cl)c(Cl)cc21. The Morgan fingerprint density at radius 2 is 2.00 bits per heavy atom. The van der Waals surface area contributed by atoms with E-state index >= 15 is 0 Å². The van der Waals surface area contributed by atoms with Crippen LogP contribution in [-0.2, 0) is 0 Å². The van der Waals surface area contributed by atoms with Gasteiger partial charge in [0.2, 0.25) is 0 Å². The minimum absolute atomic E-state index is 0.460. The number of aliphatic hydroxyl groups is 1. The maximum absolute atomic E-state index is 9.42. The molecule has 0 saturated carbocycles. The summed E-state index contributed by atoms with van der Waals surface area (Å²) in [4.78, 5) is 4.10. The van der Waals surface area contributed by atoms with Gasteiger partial charge in [0.05, 0.1) is 27.4 Å². The maximum Gasteiger partial charge on any atom is 0.129 e. The molecule has 1 aromatic carbocycles. The monoisotopic (exact) mass is 230 g/mol. The fourth-order valence-electron chi connectivity index (χ4n) is 1.32. The van der Waals surface area contributed by atoms with Crippen LogP contribution < -0.4 is 0 Å². The highest BCUT2D eigenvalue weighted by molar-refractivity contribution is 6.42. The number of benzene rings is 1. The van der Waals surface area contributed by atoms with E-state index in [4.69, 9.17) is 23.2 Å². The van der Waals surface area contributed by atoms with Crippen molar-refractivity contribution >= 4 is 34.2 Å². The van der Waals surface area contributed by atoms with Crippen LogP contribution in [0.25, 0.3) is 11.0 Å². The molecule has 0 aliphatic heterocycles. The highest BCUT2D eigenvalue weighted by atomic mass is 35.5. The zero-order valence-electron chi connectivity index (χ0n) is 7.41. The third-order valence-corrected chi connectivity index (χ3v) is 2.74. The lowest BCUT2D eigenvalue weighted by Crippen LogP contribution is -2.01. The zero-order valence-corrected chi connectivity index (χ0v) is 8.92. The number of imidazole rings is 1. The second kappa shape index (κ2) is 3.42. The second-order valence-electron chi connectivity index (χ2n) is 3.04. The van der Waals surface area contributed by atoms with E-state index in [0.717, 1.165) is 11.0 Å². The molecule has 1 aromatic heterocycles. The normalized spacial score (nSPS) is 13.4. The summed E-state index contributed by atoms with van der Waals surface area (Å²) in [5.74, 6) is 0. The Labute approximate surface area is 90.9 Å². The first-order valence-electron chi connectivity index (χ1n) is 4.09. The minimum atomic E-state index is -0.628. The Hall–Kier alpha value is -0.770. The van der Waals surface area contributed by atoms with Gasteiger partial charge in [0.15, 0.2) is 0 Å². The summed E-state index contributed by atoms with van der Waals surface area (Å²) in [6, 6.07) is 3.37. The summed E-state index contributed by atoms with van der Waals surface area (Å²) in [6.45, 7) is 1.66. The number of rotatable bonds is 1. The number of aromatic nitrogens is 2. The molecule has 0 aliphatic carbocycles. The van der Waals surface area contributed by atoms with Gasteiger partial charge in [-0.15, -0.1) is 0 Å². The quantitative estimate of drug-likeness (QED) is 0.819. The van der Waals surface area contributed by atoms with Crippen LogP contribution in [0.2, 0.25) is 10.0 Å². The summed E-state index contributed by atoms with van der Waals surface area (Å²) in [5.41, 5.74) is 1.50. The molecule has 1 unspecified atom stereocenters. The molecule has 74 valence electrons. The summed E-state index contributed by atoms with van der Waals surface area (Å²) in [6.07, 6.45) is 0.930. The van der Waals surface area contributed by atoms with Crippen molar-refractivity contribution < 1.29 is 5.11 Å². The largest absolute Gasteiger partial charge is 0.374 e. The fraction of sp³-hybridized carbons (Fsp3) is 0.222. The van der Waals surface area contributed by atoms with Crippen LogP contribution in [0.1, 0.15) is 13.2 Å². The number of fused-ring (bicyclic) bond motifs is 1. The van der Waals surface area contributed by atoms with E-state index in [1.807, 2.05) is 0 Å². The van der Waals surface area contributed by atoms with Gasteiger partial charge in [-0.2, -0.15) is 0 Å². The van der Waals surface area contributed by atoms with Crippen LogP contribution in [0.15, 0.2) is 18.5 Å². The maximum atomic E-state index is 9.42. The molecule has 1 N–H and O–H groups in total. The molecule has 0 fully saturated rings. The third kappa shape index (κ3) is 1.47. The molecule has 5 heteroatoms. The van der Waals surface area contributed by atoms with Crippen molar-refractivity contribution in [3.8, 4) is 0 Å². The predicted molar refractivity (Wildman–Crippen MR) is 56.7 cm³/mol. The van der Waals surface area contributed by atoms with Crippen LogP contribution in [0.4, 0.5) is 0 Å². The average molecular weight is 231 g/mol. The minimum Gasteiger partial charge on any atom is -0.374 e. The predicted octanol–water partition coefficient (Wildman–Crippen LogP) is 2.85. The van der Waals surface area contributed by atoms with Crippen molar-refractivity contribution in [1.29, 1.82) is 0 Å².